The number of carbonyl (C=O) groups is 2. The van der Waals surface area contributed by atoms with Crippen molar-refractivity contribution >= 4 is 11.9 Å². The number of ether oxygens (including phenoxy) is 2. The summed E-state index contributed by atoms with van der Waals surface area (Å²) >= 11 is 0. The molecule has 0 aromatic rings. The molecule has 0 N–H and O–H groups in total. The van der Waals surface area contributed by atoms with Crippen LogP contribution < -0.4 is 0 Å². The molecule has 0 heterocycles. The van der Waals surface area contributed by atoms with Gasteiger partial charge in [0.15, 0.2) is 0 Å². The van der Waals surface area contributed by atoms with E-state index in [0.29, 0.717) is 6.42 Å². The average Bonchev–Trinajstić information content (AvgIpc) is 2.24. The predicted molar refractivity (Wildman–Crippen MR) is 54.7 cm³/mol. The number of rotatable bonds is 6. The molecule has 80 valence electrons. The Morgan fingerprint density at radius 1 is 1.27 bits per heavy atom. The molecule has 0 aliphatic heterocycles. The Labute approximate surface area is 88.6 Å². The summed E-state index contributed by atoms with van der Waals surface area (Å²) in [5.74, 6) is 1.07. The van der Waals surface area contributed by atoms with Crippen LogP contribution in [0.15, 0.2) is 24.8 Å². The fourth-order valence-corrected chi connectivity index (χ4v) is 0.584. The zero-order valence-corrected chi connectivity index (χ0v) is 8.27. The van der Waals surface area contributed by atoms with E-state index >= 15 is 0 Å². The van der Waals surface area contributed by atoms with Gasteiger partial charge in [-0.3, -0.25) is 0 Å². The lowest BCUT2D eigenvalue weighted by Crippen LogP contribution is -2.05. The van der Waals surface area contributed by atoms with Crippen molar-refractivity contribution in [3.05, 3.63) is 24.8 Å². The van der Waals surface area contributed by atoms with Gasteiger partial charge in [-0.15, -0.1) is 12.3 Å². The molecule has 4 heteroatoms. The summed E-state index contributed by atoms with van der Waals surface area (Å²) in [5.41, 5.74) is 0. The second-order valence-electron chi connectivity index (χ2n) is 2.37. The number of terminal acetylenes is 1. The van der Waals surface area contributed by atoms with Crippen molar-refractivity contribution in [3.8, 4) is 12.3 Å². The highest BCUT2D eigenvalue weighted by molar-refractivity contribution is 5.91. The molecule has 0 amide bonds. The first-order valence-electron chi connectivity index (χ1n) is 4.26. The molecule has 0 fully saturated rings. The van der Waals surface area contributed by atoms with Gasteiger partial charge in [0.1, 0.15) is 13.2 Å². The monoisotopic (exact) mass is 208 g/mol. The molecule has 0 atom stereocenters. The summed E-state index contributed by atoms with van der Waals surface area (Å²) < 4.78 is 9.22. The van der Waals surface area contributed by atoms with Gasteiger partial charge >= 0.3 is 11.9 Å². The van der Waals surface area contributed by atoms with Gasteiger partial charge in [0.25, 0.3) is 0 Å². The molecule has 15 heavy (non-hydrogen) atoms. The topological polar surface area (TPSA) is 52.6 Å². The van der Waals surface area contributed by atoms with Crippen LogP contribution in [0.25, 0.3) is 0 Å². The van der Waals surface area contributed by atoms with Crippen LogP contribution in [0.4, 0.5) is 0 Å². The smallest absolute Gasteiger partial charge is 0.331 e. The molecule has 4 nitrogen and oxygen atoms in total. The highest BCUT2D eigenvalue weighted by Crippen LogP contribution is 1.87. The number of hydrogen-bond acceptors (Lipinski definition) is 4. The third kappa shape index (κ3) is 8.31. The minimum absolute atomic E-state index is 0.106. The summed E-state index contributed by atoms with van der Waals surface area (Å²) in [6.45, 7) is 3.61. The fourth-order valence-electron chi connectivity index (χ4n) is 0.584. The summed E-state index contributed by atoms with van der Waals surface area (Å²) in [4.78, 5) is 21.7. The van der Waals surface area contributed by atoms with Gasteiger partial charge in [0, 0.05) is 18.6 Å². The number of esters is 2. The summed E-state index contributed by atoms with van der Waals surface area (Å²) in [6, 6.07) is 0. The molecule has 0 aromatic heterocycles. The van der Waals surface area contributed by atoms with Crippen LogP contribution >= 0.6 is 0 Å². The Morgan fingerprint density at radius 2 is 1.87 bits per heavy atom. The van der Waals surface area contributed by atoms with Gasteiger partial charge in [-0.25, -0.2) is 9.59 Å². The predicted octanol–water partition coefficient (Wildman–Crippen LogP) is 0.838. The highest BCUT2D eigenvalue weighted by Gasteiger charge is 1.99. The van der Waals surface area contributed by atoms with E-state index in [1.807, 2.05) is 0 Å². The molecule has 0 aromatic carbocycles. The number of carbonyl (C=O) groups excluding carboxylic acids is 2. The van der Waals surface area contributed by atoms with Crippen LogP contribution in [0.2, 0.25) is 0 Å². The summed E-state index contributed by atoms with van der Waals surface area (Å²) in [6.07, 6.45) is 8.70. The highest BCUT2D eigenvalue weighted by atomic mass is 16.5. The lowest BCUT2D eigenvalue weighted by Gasteiger charge is -1.97. The van der Waals surface area contributed by atoms with Crippen LogP contribution in [-0.2, 0) is 19.1 Å². The van der Waals surface area contributed by atoms with Crippen molar-refractivity contribution in [3.63, 3.8) is 0 Å². The zero-order valence-electron chi connectivity index (χ0n) is 8.27. The Balaban J connectivity index is 3.75. The van der Waals surface area contributed by atoms with Crippen molar-refractivity contribution in [2.45, 2.75) is 6.42 Å². The molecule has 0 saturated heterocycles. The van der Waals surface area contributed by atoms with Crippen molar-refractivity contribution < 1.29 is 19.1 Å². The second kappa shape index (κ2) is 8.57. The van der Waals surface area contributed by atoms with Crippen LogP contribution in [0.1, 0.15) is 6.42 Å². The first-order valence-corrected chi connectivity index (χ1v) is 4.26. The van der Waals surface area contributed by atoms with Crippen LogP contribution in [0.3, 0.4) is 0 Å². The molecule has 0 unspecified atom stereocenters. The minimum Gasteiger partial charge on any atom is -0.462 e. The van der Waals surface area contributed by atoms with Crippen LogP contribution in [0.5, 0.6) is 0 Å². The largest absolute Gasteiger partial charge is 0.462 e. The standard InChI is InChI=1S/C11H12O4/c1-3-5-9-15-11(13)7-6-10(12)14-8-4-2/h1,4,6-7H,2,5,8-9H2/b7-6-. The van der Waals surface area contributed by atoms with Crippen molar-refractivity contribution in [2.75, 3.05) is 13.2 Å². The quantitative estimate of drug-likeness (QED) is 0.213. The van der Waals surface area contributed by atoms with E-state index in [4.69, 9.17) is 6.42 Å². The van der Waals surface area contributed by atoms with Gasteiger partial charge in [0.05, 0.1) is 0 Å². The maximum atomic E-state index is 10.9. The van der Waals surface area contributed by atoms with Gasteiger partial charge in [0.2, 0.25) is 0 Å². The first-order chi connectivity index (χ1) is 7.20. The van der Waals surface area contributed by atoms with Crippen molar-refractivity contribution in [1.29, 1.82) is 0 Å². The van der Waals surface area contributed by atoms with Gasteiger partial charge in [-0.1, -0.05) is 12.7 Å². The third-order valence-corrected chi connectivity index (χ3v) is 1.19. The maximum Gasteiger partial charge on any atom is 0.331 e. The maximum absolute atomic E-state index is 10.9. The normalized spacial score (nSPS) is 9.27. The average molecular weight is 208 g/mol. The van der Waals surface area contributed by atoms with Gasteiger partial charge in [-0.05, 0) is 0 Å². The first kappa shape index (κ1) is 13.0. The molecule has 0 radical (unpaired) electrons. The van der Waals surface area contributed by atoms with E-state index in [2.05, 4.69) is 22.0 Å². The molecule has 0 rings (SSSR count). The lowest BCUT2D eigenvalue weighted by atomic mass is 10.4. The van der Waals surface area contributed by atoms with Crippen LogP contribution in [0, 0.1) is 12.3 Å². The summed E-state index contributed by atoms with van der Waals surface area (Å²) in [5, 5.41) is 0. The fraction of sp³-hybridized carbons (Fsp3) is 0.273. The van der Waals surface area contributed by atoms with Gasteiger partial charge in [-0.2, -0.15) is 0 Å². The molecule has 0 aliphatic carbocycles. The Bertz CT molecular complexity index is 296. The molecular weight excluding hydrogens is 196 g/mol. The van der Waals surface area contributed by atoms with Gasteiger partial charge < -0.3 is 9.47 Å². The van der Waals surface area contributed by atoms with E-state index < -0.39 is 11.9 Å². The van der Waals surface area contributed by atoms with Crippen molar-refractivity contribution in [1.82, 2.24) is 0 Å². The van der Waals surface area contributed by atoms with Crippen LogP contribution in [-0.4, -0.2) is 25.2 Å². The second-order valence-corrected chi connectivity index (χ2v) is 2.37. The minimum atomic E-state index is -0.624. The molecular formula is C11H12O4. The molecule has 0 bridgehead atoms. The van der Waals surface area contributed by atoms with Crippen molar-refractivity contribution in [2.24, 2.45) is 0 Å². The Kier molecular flexibility index (Phi) is 7.42. The van der Waals surface area contributed by atoms with E-state index in [0.717, 1.165) is 12.2 Å². The Morgan fingerprint density at radius 3 is 2.40 bits per heavy atom. The Hall–Kier alpha value is -2.02. The molecule has 0 aliphatic rings. The SMILES string of the molecule is C#CCCOC(=O)/C=C\C(=O)OCC=C. The summed E-state index contributed by atoms with van der Waals surface area (Å²) in [7, 11) is 0. The van der Waals surface area contributed by atoms with E-state index in [-0.39, 0.29) is 13.2 Å². The molecule has 0 spiro atoms. The van der Waals surface area contributed by atoms with E-state index in [1.54, 1.807) is 0 Å². The van der Waals surface area contributed by atoms with E-state index in [1.165, 1.54) is 6.08 Å². The molecule has 0 saturated carbocycles. The van der Waals surface area contributed by atoms with E-state index in [9.17, 15) is 9.59 Å². The third-order valence-electron chi connectivity index (χ3n) is 1.19. The zero-order chi connectivity index (χ0) is 11.5. The number of hydrogen-bond donors (Lipinski definition) is 0. The lowest BCUT2D eigenvalue weighted by molar-refractivity contribution is -0.139.